The number of halogens is 1. The molecule has 1 aliphatic heterocycles. The molecule has 0 fully saturated rings. The zero-order valence-corrected chi connectivity index (χ0v) is 15.2. The molecule has 0 aromatic heterocycles. The predicted octanol–water partition coefficient (Wildman–Crippen LogP) is 5.56. The van der Waals surface area contributed by atoms with Crippen molar-refractivity contribution in [1.82, 2.24) is 0 Å². The summed E-state index contributed by atoms with van der Waals surface area (Å²) in [4.78, 5) is 13.1. The van der Waals surface area contributed by atoms with E-state index in [2.05, 4.69) is 24.5 Å². The van der Waals surface area contributed by atoms with Crippen molar-refractivity contribution in [2.24, 2.45) is 5.41 Å². The van der Waals surface area contributed by atoms with Crippen LogP contribution >= 0.6 is 11.6 Å². The predicted molar refractivity (Wildman–Crippen MR) is 103 cm³/mol. The maximum Gasteiger partial charge on any atom is 0.163 e. The molecule has 2 aliphatic rings. The first-order chi connectivity index (χ1) is 11.9. The fourth-order valence-electron chi connectivity index (χ4n) is 3.83. The Hall–Kier alpha value is -2.26. The number of hydrogen-bond donors (Lipinski definition) is 2. The Morgan fingerprint density at radius 1 is 1.00 bits per heavy atom. The van der Waals surface area contributed by atoms with E-state index in [1.807, 2.05) is 48.5 Å². The van der Waals surface area contributed by atoms with Crippen molar-refractivity contribution < 1.29 is 4.79 Å². The fourth-order valence-corrected chi connectivity index (χ4v) is 4.08. The van der Waals surface area contributed by atoms with Crippen LogP contribution in [0.4, 0.5) is 11.4 Å². The van der Waals surface area contributed by atoms with Crippen molar-refractivity contribution in [2.75, 3.05) is 10.6 Å². The number of allylic oxidation sites excluding steroid dienone is 1. The van der Waals surface area contributed by atoms with Gasteiger partial charge in [-0.05, 0) is 35.6 Å². The minimum Gasteiger partial charge on any atom is -0.372 e. The van der Waals surface area contributed by atoms with Gasteiger partial charge < -0.3 is 10.6 Å². The number of nitrogens with one attached hydrogen (secondary N) is 2. The molecule has 0 unspecified atom stereocenters. The summed E-state index contributed by atoms with van der Waals surface area (Å²) in [5.41, 5.74) is 4.67. The summed E-state index contributed by atoms with van der Waals surface area (Å²) >= 11 is 6.48. The summed E-state index contributed by atoms with van der Waals surface area (Å²) in [5.74, 6) is 0.184. The van der Waals surface area contributed by atoms with Gasteiger partial charge in [0.05, 0.1) is 17.4 Å². The quantitative estimate of drug-likeness (QED) is 0.705. The lowest BCUT2D eigenvalue weighted by Crippen LogP contribution is -2.31. The van der Waals surface area contributed by atoms with E-state index in [0.717, 1.165) is 34.6 Å². The van der Waals surface area contributed by atoms with Gasteiger partial charge in [-0.3, -0.25) is 4.79 Å². The lowest BCUT2D eigenvalue weighted by Gasteiger charge is -2.34. The molecule has 0 saturated heterocycles. The summed E-state index contributed by atoms with van der Waals surface area (Å²) in [7, 11) is 0. The topological polar surface area (TPSA) is 41.1 Å². The van der Waals surface area contributed by atoms with Crippen molar-refractivity contribution in [1.29, 1.82) is 0 Å². The molecule has 0 bridgehead atoms. The molecule has 0 amide bonds. The van der Waals surface area contributed by atoms with Gasteiger partial charge in [-0.2, -0.15) is 0 Å². The number of carbonyl (C=O) groups excluding carboxylic acids is 1. The lowest BCUT2D eigenvalue weighted by molar-refractivity contribution is -0.118. The SMILES string of the molecule is CC1(C)CC(=O)C2=C(C1)Nc1ccccc1N[C@H]2c1ccccc1Cl. The van der Waals surface area contributed by atoms with Crippen LogP contribution in [0.25, 0.3) is 0 Å². The number of hydrogen-bond acceptors (Lipinski definition) is 3. The average molecular weight is 353 g/mol. The Morgan fingerprint density at radius 2 is 1.68 bits per heavy atom. The van der Waals surface area contributed by atoms with Gasteiger partial charge in [0.15, 0.2) is 5.78 Å². The molecule has 4 rings (SSSR count). The first-order valence-electron chi connectivity index (χ1n) is 8.58. The number of anilines is 2. The second-order valence-electron chi connectivity index (χ2n) is 7.60. The Labute approximate surface area is 153 Å². The van der Waals surface area contributed by atoms with Gasteiger partial charge in [0.1, 0.15) is 0 Å². The molecule has 0 radical (unpaired) electrons. The summed E-state index contributed by atoms with van der Waals surface area (Å²) in [6.07, 6.45) is 1.39. The molecule has 3 nitrogen and oxygen atoms in total. The minimum atomic E-state index is -0.247. The molecule has 2 aromatic rings. The second kappa shape index (κ2) is 5.92. The van der Waals surface area contributed by atoms with E-state index in [9.17, 15) is 4.79 Å². The highest BCUT2D eigenvalue weighted by atomic mass is 35.5. The summed E-state index contributed by atoms with van der Waals surface area (Å²) in [5, 5.41) is 7.74. The van der Waals surface area contributed by atoms with Crippen molar-refractivity contribution >= 4 is 28.8 Å². The Balaban J connectivity index is 1.92. The normalized spacial score (nSPS) is 21.6. The molecular formula is C21H21ClN2O. The van der Waals surface area contributed by atoms with Gasteiger partial charge in [0, 0.05) is 22.7 Å². The molecule has 1 aliphatic carbocycles. The van der Waals surface area contributed by atoms with Gasteiger partial charge in [-0.25, -0.2) is 0 Å². The summed E-state index contributed by atoms with van der Waals surface area (Å²) in [6, 6.07) is 15.6. The fraction of sp³-hybridized carbons (Fsp3) is 0.286. The smallest absolute Gasteiger partial charge is 0.163 e. The number of ketones is 1. The first kappa shape index (κ1) is 16.2. The number of rotatable bonds is 1. The highest BCUT2D eigenvalue weighted by Crippen LogP contribution is 2.46. The van der Waals surface area contributed by atoms with Gasteiger partial charge in [-0.15, -0.1) is 0 Å². The van der Waals surface area contributed by atoms with Crippen LogP contribution in [0.2, 0.25) is 5.02 Å². The maximum absolute atomic E-state index is 13.1. The number of fused-ring (bicyclic) bond motifs is 1. The van der Waals surface area contributed by atoms with Crippen molar-refractivity contribution in [3.8, 4) is 0 Å². The molecule has 2 N–H and O–H groups in total. The van der Waals surface area contributed by atoms with Gasteiger partial charge in [0.25, 0.3) is 0 Å². The number of benzene rings is 2. The third-order valence-corrected chi connectivity index (χ3v) is 5.28. The largest absolute Gasteiger partial charge is 0.372 e. The number of carbonyl (C=O) groups is 1. The minimum absolute atomic E-state index is 0.0484. The van der Waals surface area contributed by atoms with Crippen LogP contribution in [0.5, 0.6) is 0 Å². The van der Waals surface area contributed by atoms with Gasteiger partial charge >= 0.3 is 0 Å². The van der Waals surface area contributed by atoms with Crippen LogP contribution in [-0.4, -0.2) is 5.78 Å². The lowest BCUT2D eigenvalue weighted by atomic mass is 9.73. The van der Waals surface area contributed by atoms with Crippen LogP contribution in [0.3, 0.4) is 0 Å². The molecular weight excluding hydrogens is 332 g/mol. The molecule has 25 heavy (non-hydrogen) atoms. The first-order valence-corrected chi connectivity index (χ1v) is 8.96. The molecule has 2 aromatic carbocycles. The highest BCUT2D eigenvalue weighted by molar-refractivity contribution is 6.31. The molecule has 1 atom stereocenters. The van der Waals surface area contributed by atoms with E-state index in [1.54, 1.807) is 0 Å². The Kier molecular flexibility index (Phi) is 3.84. The summed E-state index contributed by atoms with van der Waals surface area (Å²) in [6.45, 7) is 4.29. The Morgan fingerprint density at radius 3 is 2.44 bits per heavy atom. The zero-order valence-electron chi connectivity index (χ0n) is 14.4. The third-order valence-electron chi connectivity index (χ3n) is 4.94. The molecule has 1 heterocycles. The molecule has 128 valence electrons. The van der Waals surface area contributed by atoms with Crippen LogP contribution in [-0.2, 0) is 4.79 Å². The van der Waals surface area contributed by atoms with Crippen LogP contribution in [0.1, 0.15) is 38.3 Å². The highest BCUT2D eigenvalue weighted by Gasteiger charge is 2.39. The van der Waals surface area contributed by atoms with Crippen molar-refractivity contribution in [3.05, 3.63) is 70.4 Å². The van der Waals surface area contributed by atoms with E-state index < -0.39 is 0 Å². The molecule has 0 saturated carbocycles. The maximum atomic E-state index is 13.1. The van der Waals surface area contributed by atoms with Crippen molar-refractivity contribution in [3.63, 3.8) is 0 Å². The number of Topliss-reactive ketones (excluding diaryl/α,β-unsaturated/α-hetero) is 1. The summed E-state index contributed by atoms with van der Waals surface area (Å²) < 4.78 is 0. The van der Waals surface area contributed by atoms with Crippen LogP contribution in [0.15, 0.2) is 59.8 Å². The van der Waals surface area contributed by atoms with E-state index in [1.165, 1.54) is 0 Å². The van der Waals surface area contributed by atoms with Crippen molar-refractivity contribution in [2.45, 2.75) is 32.7 Å². The standard InChI is InChI=1S/C21H21ClN2O/c1-21(2)11-17-19(18(25)12-21)20(13-7-3-4-8-14(13)22)24-16-10-6-5-9-15(16)23-17/h3-10,20,23-24H,11-12H2,1-2H3/t20-/m0/s1. The molecule has 0 spiro atoms. The number of para-hydroxylation sites is 2. The van der Waals surface area contributed by atoms with E-state index >= 15 is 0 Å². The molecule has 4 heteroatoms. The van der Waals surface area contributed by atoms with E-state index in [4.69, 9.17) is 11.6 Å². The third kappa shape index (κ3) is 2.93. The average Bonchev–Trinajstić information content (AvgIpc) is 2.70. The van der Waals surface area contributed by atoms with Gasteiger partial charge in [-0.1, -0.05) is 55.8 Å². The van der Waals surface area contributed by atoms with E-state index in [-0.39, 0.29) is 17.2 Å². The monoisotopic (exact) mass is 352 g/mol. The van der Waals surface area contributed by atoms with E-state index in [0.29, 0.717) is 11.4 Å². The van der Waals surface area contributed by atoms with Crippen LogP contribution < -0.4 is 10.6 Å². The zero-order chi connectivity index (χ0) is 17.6. The Bertz CT molecular complexity index is 885. The van der Waals surface area contributed by atoms with Gasteiger partial charge in [0.2, 0.25) is 0 Å². The van der Waals surface area contributed by atoms with Crippen LogP contribution in [0, 0.1) is 5.41 Å². The second-order valence-corrected chi connectivity index (χ2v) is 8.01.